The van der Waals surface area contributed by atoms with E-state index in [0.717, 1.165) is 0 Å². The second kappa shape index (κ2) is 6.34. The van der Waals surface area contributed by atoms with E-state index in [1.165, 1.54) is 12.6 Å². The maximum atomic E-state index is 9.26. The first kappa shape index (κ1) is 10.6. The van der Waals surface area contributed by atoms with Gasteiger partial charge in [0.25, 0.3) is 0 Å². The molecule has 0 radical (unpaired) electrons. The number of aryl methyl sites for hydroxylation is 1. The molecule has 3 nitrogen and oxygen atoms in total. The summed E-state index contributed by atoms with van der Waals surface area (Å²) in [5, 5.41) is 9.26. The number of carbonyl (C=O) groups excluding carboxylic acids is 1. The van der Waals surface area contributed by atoms with Gasteiger partial charge in [0, 0.05) is 25.0 Å². The van der Waals surface area contributed by atoms with Gasteiger partial charge in [-0.05, 0) is 6.42 Å². The Kier molecular flexibility index (Phi) is 5.61. The van der Waals surface area contributed by atoms with E-state index in [-0.39, 0.29) is 6.42 Å². The van der Waals surface area contributed by atoms with Crippen molar-refractivity contribution in [2.24, 2.45) is 0 Å². The van der Waals surface area contributed by atoms with Gasteiger partial charge in [0.2, 0.25) is 0 Å². The van der Waals surface area contributed by atoms with Crippen LogP contribution in [0.4, 0.5) is 0 Å². The number of nitrogens with one attached hydrogen (secondary N) is 1. The van der Waals surface area contributed by atoms with Crippen LogP contribution in [0.1, 0.15) is 19.0 Å². The summed E-state index contributed by atoms with van der Waals surface area (Å²) in [6.07, 6.45) is 2.02. The molecule has 1 N–H and O–H groups in total. The molecule has 1 aromatic heterocycles. The number of carbonyl (C=O) groups is 1. The first-order valence-electron chi connectivity index (χ1n) is 3.80. The zero-order valence-electron chi connectivity index (χ0n) is 7.33. The standard InChI is InChI=1S/C6H7N.C3H6O2/c1-6-4-2-3-5-7-6;1-2-3(4)5/h2-5H,1H3;2H2,1H3,(H,4,5). The highest BCUT2D eigenvalue weighted by atomic mass is 16.4. The van der Waals surface area contributed by atoms with Gasteiger partial charge in [-0.3, -0.25) is 0 Å². The Bertz CT molecular complexity index is 221. The summed E-state index contributed by atoms with van der Waals surface area (Å²) in [5.74, 6) is -0.995. The predicted octanol–water partition coefficient (Wildman–Crippen LogP) is -0.0446. The number of carboxylic acids is 1. The molecule has 1 rings (SSSR count). The fourth-order valence-electron chi connectivity index (χ4n) is 0.483. The van der Waals surface area contributed by atoms with Crippen LogP contribution in [0.15, 0.2) is 24.4 Å². The van der Waals surface area contributed by atoms with Gasteiger partial charge in [0.15, 0.2) is 11.9 Å². The summed E-state index contributed by atoms with van der Waals surface area (Å²) in [6, 6.07) is 6.00. The van der Waals surface area contributed by atoms with Gasteiger partial charge < -0.3 is 9.90 Å². The van der Waals surface area contributed by atoms with Crippen LogP contribution in [0, 0.1) is 6.92 Å². The van der Waals surface area contributed by atoms with E-state index in [1.54, 1.807) is 0 Å². The molecule has 66 valence electrons. The Hall–Kier alpha value is -1.38. The first-order valence-corrected chi connectivity index (χ1v) is 3.80. The number of aromatic nitrogens is 1. The predicted molar refractivity (Wildman–Crippen MR) is 43.0 cm³/mol. The Labute approximate surface area is 72.1 Å². The highest BCUT2D eigenvalue weighted by molar-refractivity contribution is 5.63. The van der Waals surface area contributed by atoms with Crippen LogP contribution < -0.4 is 10.1 Å². The fraction of sp³-hybridized carbons (Fsp3) is 0.333. The summed E-state index contributed by atoms with van der Waals surface area (Å²) in [5.41, 5.74) is 1.20. The van der Waals surface area contributed by atoms with Crippen molar-refractivity contribution in [1.29, 1.82) is 0 Å². The third kappa shape index (κ3) is 6.74. The van der Waals surface area contributed by atoms with Gasteiger partial charge in [-0.2, -0.15) is 0 Å². The lowest BCUT2D eigenvalue weighted by molar-refractivity contribution is -0.387. The smallest absolute Gasteiger partial charge is 0.176 e. The lowest BCUT2D eigenvalue weighted by atomic mass is 10.4. The summed E-state index contributed by atoms with van der Waals surface area (Å²) < 4.78 is 0. The van der Waals surface area contributed by atoms with Gasteiger partial charge in [0.05, 0.1) is 0 Å². The van der Waals surface area contributed by atoms with Crippen molar-refractivity contribution in [3.63, 3.8) is 0 Å². The van der Waals surface area contributed by atoms with Crippen LogP contribution in [0.3, 0.4) is 0 Å². The number of hydrogen-bond donors (Lipinski definition) is 0. The molecule has 12 heavy (non-hydrogen) atoms. The van der Waals surface area contributed by atoms with Crippen molar-refractivity contribution in [1.82, 2.24) is 0 Å². The van der Waals surface area contributed by atoms with Crippen LogP contribution in [-0.2, 0) is 4.79 Å². The topological polar surface area (TPSA) is 54.3 Å². The van der Waals surface area contributed by atoms with Crippen molar-refractivity contribution in [3.8, 4) is 0 Å². The van der Waals surface area contributed by atoms with Crippen LogP contribution in [-0.4, -0.2) is 5.97 Å². The second-order valence-corrected chi connectivity index (χ2v) is 2.27. The minimum absolute atomic E-state index is 0.111. The Morgan fingerprint density at radius 1 is 1.58 bits per heavy atom. The number of aromatic amines is 1. The largest absolute Gasteiger partial charge is 0.550 e. The Balaban J connectivity index is 0.000000217. The molecule has 0 aliphatic heterocycles. The SMILES string of the molecule is CCC(=O)[O-].Cc1cccc[nH+]1. The molecule has 0 saturated carbocycles. The van der Waals surface area contributed by atoms with Gasteiger partial charge in [0.1, 0.15) is 0 Å². The number of pyridine rings is 1. The number of hydrogen-bond acceptors (Lipinski definition) is 2. The molecule has 0 saturated heterocycles. The second-order valence-electron chi connectivity index (χ2n) is 2.27. The zero-order valence-corrected chi connectivity index (χ0v) is 7.33. The first-order chi connectivity index (χ1) is 5.66. The lowest BCUT2D eigenvalue weighted by Crippen LogP contribution is -2.19. The molecule has 0 unspecified atom stereocenters. The molecule has 0 aromatic carbocycles. The molecular formula is C9H13NO2. The average Bonchev–Trinajstić information content (AvgIpc) is 2.07. The van der Waals surface area contributed by atoms with Gasteiger partial charge in [-0.1, -0.05) is 13.0 Å². The number of aliphatic carboxylic acids is 1. The van der Waals surface area contributed by atoms with E-state index >= 15 is 0 Å². The lowest BCUT2D eigenvalue weighted by Gasteiger charge is -1.87. The Morgan fingerprint density at radius 2 is 2.17 bits per heavy atom. The highest BCUT2D eigenvalue weighted by Gasteiger charge is 1.81. The van der Waals surface area contributed by atoms with E-state index in [1.807, 2.05) is 31.3 Å². The molecule has 0 amide bonds. The minimum Gasteiger partial charge on any atom is -0.550 e. The molecule has 0 fully saturated rings. The van der Waals surface area contributed by atoms with Crippen LogP contribution in [0.5, 0.6) is 0 Å². The summed E-state index contributed by atoms with van der Waals surface area (Å²) in [7, 11) is 0. The van der Waals surface area contributed by atoms with Crippen molar-refractivity contribution >= 4 is 5.97 Å². The van der Waals surface area contributed by atoms with E-state index in [9.17, 15) is 9.90 Å². The highest BCUT2D eigenvalue weighted by Crippen LogP contribution is 1.80. The molecule has 1 heterocycles. The van der Waals surface area contributed by atoms with Crippen molar-refractivity contribution in [2.75, 3.05) is 0 Å². The monoisotopic (exact) mass is 167 g/mol. The van der Waals surface area contributed by atoms with Crippen LogP contribution in [0.2, 0.25) is 0 Å². The number of carboxylic acid groups (broad SMARTS) is 1. The van der Waals surface area contributed by atoms with E-state index in [2.05, 4.69) is 4.98 Å². The summed E-state index contributed by atoms with van der Waals surface area (Å²) >= 11 is 0. The van der Waals surface area contributed by atoms with Crippen LogP contribution >= 0.6 is 0 Å². The van der Waals surface area contributed by atoms with E-state index in [0.29, 0.717) is 0 Å². The molecule has 0 atom stereocenters. The quantitative estimate of drug-likeness (QED) is 0.589. The van der Waals surface area contributed by atoms with Gasteiger partial charge in [-0.25, -0.2) is 4.98 Å². The minimum atomic E-state index is -0.995. The number of H-pyrrole nitrogens is 1. The molecular weight excluding hydrogens is 154 g/mol. The molecule has 0 bridgehead atoms. The average molecular weight is 167 g/mol. The zero-order chi connectivity index (χ0) is 9.40. The normalized spacial score (nSPS) is 8.17. The van der Waals surface area contributed by atoms with Crippen molar-refractivity contribution in [2.45, 2.75) is 20.3 Å². The van der Waals surface area contributed by atoms with E-state index < -0.39 is 5.97 Å². The van der Waals surface area contributed by atoms with Crippen molar-refractivity contribution in [3.05, 3.63) is 30.1 Å². The van der Waals surface area contributed by atoms with E-state index in [4.69, 9.17) is 0 Å². The van der Waals surface area contributed by atoms with Crippen molar-refractivity contribution < 1.29 is 14.9 Å². The third-order valence-corrected chi connectivity index (χ3v) is 1.15. The van der Waals surface area contributed by atoms with Crippen LogP contribution in [0.25, 0.3) is 0 Å². The molecule has 3 heteroatoms. The maximum absolute atomic E-state index is 9.26. The Morgan fingerprint density at radius 3 is 2.33 bits per heavy atom. The molecule has 0 aliphatic rings. The summed E-state index contributed by atoms with van der Waals surface area (Å²) in [6.45, 7) is 3.56. The summed E-state index contributed by atoms with van der Waals surface area (Å²) in [4.78, 5) is 12.3. The van der Waals surface area contributed by atoms with Gasteiger partial charge >= 0.3 is 0 Å². The van der Waals surface area contributed by atoms with Gasteiger partial charge in [-0.15, -0.1) is 0 Å². The molecule has 0 aliphatic carbocycles. The fourth-order valence-corrected chi connectivity index (χ4v) is 0.483. The third-order valence-electron chi connectivity index (χ3n) is 1.15. The maximum Gasteiger partial charge on any atom is 0.176 e. The number of rotatable bonds is 1. The molecule has 1 aromatic rings. The molecule has 0 spiro atoms.